The van der Waals surface area contributed by atoms with E-state index in [1.54, 1.807) is 0 Å². The Labute approximate surface area is 126 Å². The van der Waals surface area contributed by atoms with Crippen molar-refractivity contribution in [3.8, 4) is 5.75 Å². The lowest BCUT2D eigenvalue weighted by Crippen LogP contribution is -2.39. The summed E-state index contributed by atoms with van der Waals surface area (Å²) < 4.78 is 0. The van der Waals surface area contributed by atoms with Gasteiger partial charge in [0.1, 0.15) is 5.75 Å². The summed E-state index contributed by atoms with van der Waals surface area (Å²) >= 11 is 0. The zero-order chi connectivity index (χ0) is 14.6. The van der Waals surface area contributed by atoms with Crippen LogP contribution in [0, 0.1) is 17.3 Å². The van der Waals surface area contributed by atoms with E-state index in [9.17, 15) is 5.11 Å². The lowest BCUT2D eigenvalue weighted by Gasteiger charge is -2.48. The van der Waals surface area contributed by atoms with Crippen LogP contribution in [-0.4, -0.2) is 5.11 Å². The molecule has 1 heteroatoms. The molecule has 0 spiro atoms. The van der Waals surface area contributed by atoms with Gasteiger partial charge < -0.3 is 5.11 Å². The summed E-state index contributed by atoms with van der Waals surface area (Å²) in [4.78, 5) is 0. The predicted octanol–water partition coefficient (Wildman–Crippen LogP) is 5.05. The minimum atomic E-state index is 0.307. The van der Waals surface area contributed by atoms with Gasteiger partial charge in [0.05, 0.1) is 0 Å². The van der Waals surface area contributed by atoms with Crippen LogP contribution in [0.3, 0.4) is 0 Å². The Morgan fingerprint density at radius 1 is 1.38 bits per heavy atom. The number of phenolic OH excluding ortho intramolecular Hbond substituents is 1. The van der Waals surface area contributed by atoms with Crippen molar-refractivity contribution in [2.75, 3.05) is 0 Å². The Morgan fingerprint density at radius 2 is 2.24 bits per heavy atom. The molecule has 3 aliphatic rings. The average Bonchev–Trinajstić information content (AvgIpc) is 2.83. The van der Waals surface area contributed by atoms with E-state index in [-0.39, 0.29) is 0 Å². The maximum atomic E-state index is 9.69. The first-order valence-electron chi connectivity index (χ1n) is 7.97. The highest BCUT2D eigenvalue weighted by atomic mass is 16.3. The largest absolute Gasteiger partial charge is 0.508 e. The van der Waals surface area contributed by atoms with E-state index in [1.165, 1.54) is 36.0 Å². The maximum Gasteiger partial charge on any atom is 0.116 e. The molecule has 21 heavy (non-hydrogen) atoms. The molecule has 108 valence electrons. The Kier molecular flexibility index (Phi) is 2.69. The monoisotopic (exact) mass is 278 g/mol. The van der Waals surface area contributed by atoms with E-state index in [0.717, 1.165) is 0 Å². The highest BCUT2D eigenvalue weighted by Crippen LogP contribution is 2.60. The topological polar surface area (TPSA) is 20.2 Å². The maximum absolute atomic E-state index is 9.69. The minimum Gasteiger partial charge on any atom is -0.508 e. The molecule has 0 amide bonds. The fourth-order valence-corrected chi connectivity index (χ4v) is 5.01. The van der Waals surface area contributed by atoms with Gasteiger partial charge in [-0.25, -0.2) is 0 Å². The van der Waals surface area contributed by atoms with E-state index >= 15 is 0 Å². The van der Waals surface area contributed by atoms with Crippen molar-refractivity contribution in [1.29, 1.82) is 0 Å². The molecule has 0 bridgehead atoms. The van der Waals surface area contributed by atoms with Crippen molar-refractivity contribution in [2.24, 2.45) is 17.3 Å². The fraction of sp³-hybridized carbons (Fsp3) is 0.400. The van der Waals surface area contributed by atoms with Crippen molar-refractivity contribution in [3.63, 3.8) is 0 Å². The second kappa shape index (κ2) is 4.37. The average molecular weight is 278 g/mol. The van der Waals surface area contributed by atoms with Crippen LogP contribution in [0.25, 0.3) is 6.08 Å². The van der Waals surface area contributed by atoms with Gasteiger partial charge in [-0.05, 0) is 71.3 Å². The number of hydrogen-bond donors (Lipinski definition) is 1. The van der Waals surface area contributed by atoms with E-state index in [4.69, 9.17) is 0 Å². The number of hydrogen-bond acceptors (Lipinski definition) is 1. The predicted molar refractivity (Wildman–Crippen MR) is 87.1 cm³/mol. The quantitative estimate of drug-likeness (QED) is 0.762. The van der Waals surface area contributed by atoms with Gasteiger partial charge in [-0.1, -0.05) is 43.9 Å². The van der Waals surface area contributed by atoms with Gasteiger partial charge in [-0.15, -0.1) is 0 Å². The summed E-state index contributed by atoms with van der Waals surface area (Å²) in [5, 5.41) is 9.69. The third-order valence-electron chi connectivity index (χ3n) is 6.16. The van der Waals surface area contributed by atoms with Crippen LogP contribution in [0.5, 0.6) is 5.75 Å². The second-order valence-electron chi connectivity index (χ2n) is 7.02. The number of allylic oxidation sites excluding steroid dienone is 4. The summed E-state index contributed by atoms with van der Waals surface area (Å²) in [6, 6.07) is 5.87. The van der Waals surface area contributed by atoms with E-state index in [1.807, 2.05) is 12.1 Å². The zero-order valence-corrected chi connectivity index (χ0v) is 12.5. The molecule has 1 aromatic rings. The van der Waals surface area contributed by atoms with E-state index in [0.29, 0.717) is 28.9 Å². The van der Waals surface area contributed by atoms with Crippen molar-refractivity contribution in [1.82, 2.24) is 0 Å². The molecule has 1 fully saturated rings. The molecular weight excluding hydrogens is 256 g/mol. The molecule has 4 rings (SSSR count). The summed E-state index contributed by atoms with van der Waals surface area (Å²) in [6.07, 6.45) is 12.7. The highest BCUT2D eigenvalue weighted by molar-refractivity contribution is 5.61. The molecular formula is C20H22O. The molecule has 0 saturated heterocycles. The lowest BCUT2D eigenvalue weighted by atomic mass is 9.56. The number of phenols is 1. The van der Waals surface area contributed by atoms with Crippen molar-refractivity contribution in [2.45, 2.75) is 32.1 Å². The lowest BCUT2D eigenvalue weighted by molar-refractivity contribution is 0.117. The number of rotatable bonds is 1. The molecule has 1 N–H and O–H groups in total. The molecule has 1 saturated carbocycles. The van der Waals surface area contributed by atoms with Crippen LogP contribution < -0.4 is 0 Å². The molecule has 0 radical (unpaired) electrons. The third kappa shape index (κ3) is 1.70. The van der Waals surface area contributed by atoms with Gasteiger partial charge in [0.25, 0.3) is 0 Å². The molecule has 0 aromatic heterocycles. The van der Waals surface area contributed by atoms with Crippen LogP contribution in [0.15, 0.2) is 48.6 Å². The summed E-state index contributed by atoms with van der Waals surface area (Å²) in [6.45, 7) is 6.44. The number of aromatic hydroxyl groups is 1. The van der Waals surface area contributed by atoms with Gasteiger partial charge in [-0.3, -0.25) is 0 Å². The first-order valence-corrected chi connectivity index (χ1v) is 7.97. The number of fused-ring (bicyclic) bond motifs is 5. The zero-order valence-electron chi connectivity index (χ0n) is 12.5. The van der Waals surface area contributed by atoms with Gasteiger partial charge >= 0.3 is 0 Å². The van der Waals surface area contributed by atoms with Gasteiger partial charge in [0, 0.05) is 0 Å². The van der Waals surface area contributed by atoms with Crippen molar-refractivity contribution >= 4 is 6.08 Å². The molecule has 3 aliphatic carbocycles. The SMILES string of the molecule is C=CC1=CCC2C3C=Cc4cc(O)ccc4C3CC[C@]12C. The van der Waals surface area contributed by atoms with Crippen LogP contribution >= 0.6 is 0 Å². The molecule has 4 atom stereocenters. The van der Waals surface area contributed by atoms with Crippen LogP contribution in [0.1, 0.15) is 43.2 Å². The summed E-state index contributed by atoms with van der Waals surface area (Å²) in [5.74, 6) is 2.30. The van der Waals surface area contributed by atoms with Gasteiger partial charge in [-0.2, -0.15) is 0 Å². The van der Waals surface area contributed by atoms with Crippen molar-refractivity contribution < 1.29 is 5.11 Å². The van der Waals surface area contributed by atoms with Gasteiger partial charge in [0.15, 0.2) is 0 Å². The highest BCUT2D eigenvalue weighted by Gasteiger charge is 2.50. The van der Waals surface area contributed by atoms with Crippen LogP contribution in [0.4, 0.5) is 0 Å². The number of benzene rings is 1. The van der Waals surface area contributed by atoms with E-state index in [2.05, 4.69) is 43.9 Å². The normalized spacial score (nSPS) is 36.4. The molecule has 0 heterocycles. The summed E-state index contributed by atoms with van der Waals surface area (Å²) in [5.41, 5.74) is 4.39. The van der Waals surface area contributed by atoms with Crippen LogP contribution in [0.2, 0.25) is 0 Å². The Balaban J connectivity index is 1.74. The van der Waals surface area contributed by atoms with Gasteiger partial charge in [0.2, 0.25) is 0 Å². The standard InChI is InChI=1S/C20H22O/c1-3-14-5-9-19-18-7-4-13-12-15(21)6-8-16(13)17(18)10-11-20(14,19)2/h3-8,12,17-19,21H,1,9-11H2,2H3/t17?,18?,19?,20-/m1/s1. The molecule has 3 unspecified atom stereocenters. The van der Waals surface area contributed by atoms with E-state index < -0.39 is 0 Å². The third-order valence-corrected chi connectivity index (χ3v) is 6.16. The second-order valence-corrected chi connectivity index (χ2v) is 7.02. The summed E-state index contributed by atoms with van der Waals surface area (Å²) in [7, 11) is 0. The Hall–Kier alpha value is -1.76. The molecule has 1 aromatic carbocycles. The molecule has 1 nitrogen and oxygen atoms in total. The van der Waals surface area contributed by atoms with Crippen molar-refractivity contribution in [3.05, 3.63) is 59.7 Å². The smallest absolute Gasteiger partial charge is 0.116 e. The minimum absolute atomic E-state index is 0.307. The Morgan fingerprint density at radius 3 is 3.05 bits per heavy atom. The first kappa shape index (κ1) is 12.9. The first-order chi connectivity index (χ1) is 10.1. The fourth-order valence-electron chi connectivity index (χ4n) is 5.01. The van der Waals surface area contributed by atoms with Crippen LogP contribution in [-0.2, 0) is 0 Å². The Bertz CT molecular complexity index is 666. The molecule has 0 aliphatic heterocycles.